The summed E-state index contributed by atoms with van der Waals surface area (Å²) < 4.78 is 42.3. The van der Waals surface area contributed by atoms with Gasteiger partial charge in [0.1, 0.15) is 11.4 Å². The van der Waals surface area contributed by atoms with Crippen molar-refractivity contribution < 1.29 is 22.5 Å². The fraction of sp³-hybridized carbons (Fsp3) is 0.133. The predicted octanol–water partition coefficient (Wildman–Crippen LogP) is 2.88. The van der Waals surface area contributed by atoms with Gasteiger partial charge in [0.05, 0.1) is 10.6 Å². The number of nitrogens with one attached hydrogen (secondary N) is 2. The summed E-state index contributed by atoms with van der Waals surface area (Å²) in [6.07, 6.45) is -3.61. The minimum Gasteiger partial charge on any atom is -0.383 e. The summed E-state index contributed by atoms with van der Waals surface area (Å²) in [6.45, 7) is 0. The lowest BCUT2D eigenvalue weighted by Crippen LogP contribution is -2.18. The SMILES string of the molecule is CNC(=O)c1ccc(Nc2ncc(-c3nc(C(F)(F)F)no3)c(N)n2)cc1Cl. The fourth-order valence-electron chi connectivity index (χ4n) is 2.11. The molecule has 0 aliphatic carbocycles. The Labute approximate surface area is 160 Å². The van der Waals surface area contributed by atoms with E-state index in [1.807, 2.05) is 0 Å². The van der Waals surface area contributed by atoms with Gasteiger partial charge in [0.2, 0.25) is 5.95 Å². The van der Waals surface area contributed by atoms with E-state index in [1.165, 1.54) is 19.2 Å². The molecule has 0 atom stereocenters. The Morgan fingerprint density at radius 2 is 2.04 bits per heavy atom. The van der Waals surface area contributed by atoms with Gasteiger partial charge in [0.15, 0.2) is 0 Å². The zero-order valence-corrected chi connectivity index (χ0v) is 14.8. The number of carbonyl (C=O) groups is 1. The van der Waals surface area contributed by atoms with Crippen LogP contribution in [0.3, 0.4) is 0 Å². The summed E-state index contributed by atoms with van der Waals surface area (Å²) in [4.78, 5) is 22.8. The summed E-state index contributed by atoms with van der Waals surface area (Å²) in [7, 11) is 1.48. The molecule has 0 saturated carbocycles. The Hall–Kier alpha value is -3.41. The molecule has 0 aliphatic heterocycles. The molecular formula is C15H11ClF3N7O2. The van der Waals surface area contributed by atoms with Gasteiger partial charge >= 0.3 is 6.18 Å². The van der Waals surface area contributed by atoms with E-state index >= 15 is 0 Å². The van der Waals surface area contributed by atoms with E-state index in [0.29, 0.717) is 5.69 Å². The smallest absolute Gasteiger partial charge is 0.383 e. The van der Waals surface area contributed by atoms with E-state index in [1.54, 1.807) is 6.07 Å². The van der Waals surface area contributed by atoms with Crippen LogP contribution in [0.5, 0.6) is 0 Å². The molecule has 3 aromatic rings. The maximum absolute atomic E-state index is 12.6. The molecule has 13 heteroatoms. The van der Waals surface area contributed by atoms with Crippen LogP contribution in [-0.4, -0.2) is 33.1 Å². The first-order valence-corrected chi connectivity index (χ1v) is 7.89. The maximum atomic E-state index is 12.6. The zero-order valence-electron chi connectivity index (χ0n) is 14.0. The number of hydrogen-bond acceptors (Lipinski definition) is 8. The number of alkyl halides is 3. The molecule has 28 heavy (non-hydrogen) atoms. The quantitative estimate of drug-likeness (QED) is 0.594. The average molecular weight is 414 g/mol. The lowest BCUT2D eigenvalue weighted by Gasteiger charge is -2.09. The van der Waals surface area contributed by atoms with Gasteiger partial charge in [-0.15, -0.1) is 0 Å². The Bertz CT molecular complexity index is 1040. The molecule has 3 rings (SSSR count). The van der Waals surface area contributed by atoms with Gasteiger partial charge in [-0.2, -0.15) is 23.1 Å². The van der Waals surface area contributed by atoms with Crippen LogP contribution < -0.4 is 16.4 Å². The monoisotopic (exact) mass is 413 g/mol. The van der Waals surface area contributed by atoms with Gasteiger partial charge in [-0.1, -0.05) is 16.8 Å². The van der Waals surface area contributed by atoms with Crippen LogP contribution in [0.25, 0.3) is 11.5 Å². The second kappa shape index (κ2) is 7.31. The van der Waals surface area contributed by atoms with Gasteiger partial charge in [-0.05, 0) is 18.2 Å². The number of benzene rings is 1. The summed E-state index contributed by atoms with van der Waals surface area (Å²) >= 11 is 6.06. The number of carbonyl (C=O) groups excluding carboxylic acids is 1. The van der Waals surface area contributed by atoms with E-state index in [-0.39, 0.29) is 33.8 Å². The molecule has 0 aliphatic rings. The van der Waals surface area contributed by atoms with Crippen molar-refractivity contribution in [3.63, 3.8) is 0 Å². The first kappa shape index (κ1) is 19.4. The molecule has 1 aromatic carbocycles. The average Bonchev–Trinajstić information content (AvgIpc) is 3.11. The molecular weight excluding hydrogens is 403 g/mol. The van der Waals surface area contributed by atoms with Gasteiger partial charge in [-0.3, -0.25) is 4.79 Å². The number of nitrogens with zero attached hydrogens (tertiary/aromatic N) is 4. The molecule has 0 saturated heterocycles. The number of halogens is 4. The first-order valence-electron chi connectivity index (χ1n) is 7.51. The molecule has 0 radical (unpaired) electrons. The van der Waals surface area contributed by atoms with Crippen molar-refractivity contribution in [2.45, 2.75) is 6.18 Å². The topological polar surface area (TPSA) is 132 Å². The highest BCUT2D eigenvalue weighted by Crippen LogP contribution is 2.30. The van der Waals surface area contributed by atoms with Crippen LogP contribution in [0.4, 0.5) is 30.6 Å². The van der Waals surface area contributed by atoms with Crippen LogP contribution in [0.1, 0.15) is 16.2 Å². The number of amides is 1. The van der Waals surface area contributed by atoms with Crippen LogP contribution in [-0.2, 0) is 6.18 Å². The number of nitrogens with two attached hydrogens (primary N) is 1. The van der Waals surface area contributed by atoms with Crippen molar-refractivity contribution in [1.29, 1.82) is 0 Å². The summed E-state index contributed by atoms with van der Waals surface area (Å²) in [5.74, 6) is -2.38. The fourth-order valence-corrected chi connectivity index (χ4v) is 2.38. The van der Waals surface area contributed by atoms with Gasteiger partial charge in [-0.25, -0.2) is 4.98 Å². The van der Waals surface area contributed by atoms with E-state index in [0.717, 1.165) is 6.20 Å². The molecule has 0 bridgehead atoms. The van der Waals surface area contributed by atoms with Crippen molar-refractivity contribution >= 4 is 35.0 Å². The van der Waals surface area contributed by atoms with Gasteiger partial charge < -0.3 is 20.9 Å². The van der Waals surface area contributed by atoms with Crippen molar-refractivity contribution in [3.8, 4) is 11.5 Å². The number of nitrogen functional groups attached to an aromatic ring is 1. The number of aromatic nitrogens is 4. The highest BCUT2D eigenvalue weighted by molar-refractivity contribution is 6.34. The Balaban J connectivity index is 1.82. The molecule has 2 heterocycles. The van der Waals surface area contributed by atoms with E-state index < -0.39 is 17.9 Å². The molecule has 0 fully saturated rings. The summed E-state index contributed by atoms with van der Waals surface area (Å²) in [5, 5.41) is 8.31. The Kier molecular flexibility index (Phi) is 5.05. The minimum atomic E-state index is -4.75. The summed E-state index contributed by atoms with van der Waals surface area (Å²) in [5.41, 5.74) is 6.44. The molecule has 1 amide bonds. The highest BCUT2D eigenvalue weighted by atomic mass is 35.5. The maximum Gasteiger partial charge on any atom is 0.455 e. The van der Waals surface area contributed by atoms with E-state index in [9.17, 15) is 18.0 Å². The molecule has 9 nitrogen and oxygen atoms in total. The van der Waals surface area contributed by atoms with Crippen molar-refractivity contribution in [2.75, 3.05) is 18.1 Å². The van der Waals surface area contributed by atoms with E-state index in [2.05, 4.69) is 35.3 Å². The second-order valence-corrected chi connectivity index (χ2v) is 5.72. The minimum absolute atomic E-state index is 0.0422. The highest BCUT2D eigenvalue weighted by Gasteiger charge is 2.37. The van der Waals surface area contributed by atoms with Crippen LogP contribution in [0.15, 0.2) is 28.9 Å². The first-order chi connectivity index (χ1) is 13.2. The zero-order chi connectivity index (χ0) is 20.5. The van der Waals surface area contributed by atoms with Gasteiger partial charge in [0, 0.05) is 18.9 Å². The standard InChI is InChI=1S/C15H11ClF3N7O2/c1-21-11(27)7-3-2-6(4-9(7)16)23-14-22-5-8(10(20)24-14)12-25-13(26-28-12)15(17,18)19/h2-5H,1H3,(H,21,27)(H3,20,22,23,24). The third-order valence-electron chi connectivity index (χ3n) is 3.43. The molecule has 146 valence electrons. The second-order valence-electron chi connectivity index (χ2n) is 5.31. The number of rotatable bonds is 4. The van der Waals surface area contributed by atoms with Crippen LogP contribution >= 0.6 is 11.6 Å². The predicted molar refractivity (Wildman–Crippen MR) is 92.9 cm³/mol. The van der Waals surface area contributed by atoms with Crippen molar-refractivity contribution in [3.05, 3.63) is 40.8 Å². The van der Waals surface area contributed by atoms with Crippen molar-refractivity contribution in [1.82, 2.24) is 25.4 Å². The Morgan fingerprint density at radius 3 is 2.61 bits per heavy atom. The normalized spacial score (nSPS) is 11.3. The number of anilines is 3. The summed E-state index contributed by atoms with van der Waals surface area (Å²) in [6, 6.07) is 4.54. The van der Waals surface area contributed by atoms with Crippen molar-refractivity contribution in [2.24, 2.45) is 0 Å². The lowest BCUT2D eigenvalue weighted by atomic mass is 10.2. The number of hydrogen-bond donors (Lipinski definition) is 3. The molecule has 2 aromatic heterocycles. The van der Waals surface area contributed by atoms with Crippen LogP contribution in [0, 0.1) is 0 Å². The lowest BCUT2D eigenvalue weighted by molar-refractivity contribution is -0.146. The molecule has 0 spiro atoms. The van der Waals surface area contributed by atoms with Crippen LogP contribution in [0.2, 0.25) is 5.02 Å². The molecule has 4 N–H and O–H groups in total. The van der Waals surface area contributed by atoms with E-state index in [4.69, 9.17) is 17.3 Å². The van der Waals surface area contributed by atoms with Gasteiger partial charge in [0.25, 0.3) is 17.6 Å². The Morgan fingerprint density at radius 1 is 1.29 bits per heavy atom. The molecule has 0 unspecified atom stereocenters. The largest absolute Gasteiger partial charge is 0.455 e. The third-order valence-corrected chi connectivity index (χ3v) is 3.74. The third kappa shape index (κ3) is 3.96.